The molecule has 136 valence electrons. The van der Waals surface area contributed by atoms with E-state index in [4.69, 9.17) is 5.11 Å². The molecule has 0 spiro atoms. The third-order valence-corrected chi connectivity index (χ3v) is 4.66. The first kappa shape index (κ1) is 17.1. The summed E-state index contributed by atoms with van der Waals surface area (Å²) in [6.07, 6.45) is 1.93. The normalized spacial score (nSPS) is 15.1. The van der Waals surface area contributed by atoms with Gasteiger partial charge in [0.2, 0.25) is 0 Å². The number of carboxylic acids is 1. The van der Waals surface area contributed by atoms with Crippen molar-refractivity contribution in [2.45, 2.75) is 17.6 Å². The molecule has 2 aromatic carbocycles. The molecule has 3 aromatic rings. The molecular weight excluding hydrogens is 366 g/mol. The number of thiol groups is 1. The number of aliphatic carboxylic acids is 1. The highest BCUT2D eigenvalue weighted by atomic mass is 32.1. The van der Waals surface area contributed by atoms with Crippen LogP contribution in [-0.2, 0) is 11.2 Å². The molecule has 27 heavy (non-hydrogen) atoms. The molecule has 3 N–H and O–H groups in total. The number of aromatic nitrogens is 3. The molecule has 1 aliphatic heterocycles. The van der Waals surface area contributed by atoms with Gasteiger partial charge in [0.25, 0.3) is 5.91 Å². The number of nitrogens with one attached hydrogen (secondary N) is 2. The largest absolute Gasteiger partial charge is 0.480 e. The van der Waals surface area contributed by atoms with E-state index in [0.717, 1.165) is 16.9 Å². The highest BCUT2D eigenvalue weighted by molar-refractivity contribution is 7.80. The van der Waals surface area contributed by atoms with Crippen molar-refractivity contribution in [2.75, 3.05) is 10.6 Å². The van der Waals surface area contributed by atoms with Gasteiger partial charge in [-0.1, -0.05) is 0 Å². The van der Waals surface area contributed by atoms with Gasteiger partial charge in [-0.15, -0.1) is 22.8 Å². The zero-order chi connectivity index (χ0) is 19.0. The first-order valence-corrected chi connectivity index (χ1v) is 8.59. The highest BCUT2D eigenvalue weighted by Gasteiger charge is 2.26. The minimum absolute atomic E-state index is 0.253. The Morgan fingerprint density at radius 3 is 2.67 bits per heavy atom. The summed E-state index contributed by atoms with van der Waals surface area (Å²) in [5.74, 6) is -1.15. The predicted octanol–water partition coefficient (Wildman–Crippen LogP) is 2.23. The summed E-state index contributed by atoms with van der Waals surface area (Å²) in [6, 6.07) is 11.6. The Kier molecular flexibility index (Phi) is 4.28. The molecule has 8 nitrogen and oxygen atoms in total. The lowest BCUT2D eigenvalue weighted by Crippen LogP contribution is -2.26. The van der Waals surface area contributed by atoms with Gasteiger partial charge >= 0.3 is 5.97 Å². The fourth-order valence-corrected chi connectivity index (χ4v) is 3.20. The molecule has 0 aliphatic carbocycles. The van der Waals surface area contributed by atoms with Crippen molar-refractivity contribution in [1.82, 2.24) is 14.8 Å². The van der Waals surface area contributed by atoms with Gasteiger partial charge in [-0.05, 0) is 48.0 Å². The van der Waals surface area contributed by atoms with Gasteiger partial charge in [0, 0.05) is 29.0 Å². The average molecular weight is 381 g/mol. The van der Waals surface area contributed by atoms with Gasteiger partial charge in [0.15, 0.2) is 5.16 Å². The van der Waals surface area contributed by atoms with Crippen LogP contribution in [-0.4, -0.2) is 37.8 Å². The van der Waals surface area contributed by atoms with Crippen LogP contribution in [0, 0.1) is 0 Å². The smallest absolute Gasteiger partial charge is 0.326 e. The molecule has 0 saturated heterocycles. The Hall–Kier alpha value is -3.33. The van der Waals surface area contributed by atoms with Crippen molar-refractivity contribution in [1.29, 1.82) is 0 Å². The summed E-state index contributed by atoms with van der Waals surface area (Å²) in [6.45, 7) is 0. The number of carbonyl (C=O) groups excluding carboxylic acids is 1. The first-order chi connectivity index (χ1) is 13.0. The molecule has 0 radical (unpaired) electrons. The number of carbonyl (C=O) groups is 2. The van der Waals surface area contributed by atoms with Gasteiger partial charge in [-0.3, -0.25) is 9.36 Å². The van der Waals surface area contributed by atoms with Crippen LogP contribution in [0.5, 0.6) is 0 Å². The number of amides is 1. The van der Waals surface area contributed by atoms with Crippen LogP contribution >= 0.6 is 12.6 Å². The Morgan fingerprint density at radius 2 is 2.00 bits per heavy atom. The van der Waals surface area contributed by atoms with Crippen LogP contribution in [0.15, 0.2) is 53.9 Å². The van der Waals surface area contributed by atoms with Gasteiger partial charge in [0.1, 0.15) is 12.4 Å². The van der Waals surface area contributed by atoms with Crippen molar-refractivity contribution in [2.24, 2.45) is 0 Å². The number of anilines is 2. The quantitative estimate of drug-likeness (QED) is 0.516. The topological polar surface area (TPSA) is 109 Å². The van der Waals surface area contributed by atoms with Crippen LogP contribution in [0.1, 0.15) is 15.9 Å². The monoisotopic (exact) mass is 381 g/mol. The molecule has 1 aromatic heterocycles. The van der Waals surface area contributed by atoms with Crippen LogP contribution in [0.4, 0.5) is 11.4 Å². The zero-order valence-corrected chi connectivity index (χ0v) is 14.9. The van der Waals surface area contributed by atoms with E-state index in [1.54, 1.807) is 53.4 Å². The number of rotatable bonds is 4. The minimum Gasteiger partial charge on any atom is -0.480 e. The molecule has 9 heteroatoms. The molecule has 1 amide bonds. The summed E-state index contributed by atoms with van der Waals surface area (Å²) >= 11 is 4.21. The number of hydrogen-bond donors (Lipinski definition) is 4. The summed E-state index contributed by atoms with van der Waals surface area (Å²) in [7, 11) is 0. The first-order valence-electron chi connectivity index (χ1n) is 8.14. The average Bonchev–Trinajstić information content (AvgIpc) is 3.27. The molecule has 2 heterocycles. The van der Waals surface area contributed by atoms with Crippen LogP contribution in [0.3, 0.4) is 0 Å². The second-order valence-corrected chi connectivity index (χ2v) is 6.51. The molecule has 0 bridgehead atoms. The van der Waals surface area contributed by atoms with Crippen molar-refractivity contribution >= 4 is 35.9 Å². The van der Waals surface area contributed by atoms with Crippen molar-refractivity contribution in [3.05, 3.63) is 59.9 Å². The van der Waals surface area contributed by atoms with Crippen LogP contribution in [0.2, 0.25) is 0 Å². The molecule has 1 aliphatic rings. The maximum atomic E-state index is 12.5. The predicted molar refractivity (Wildman–Crippen MR) is 102 cm³/mol. The molecule has 0 fully saturated rings. The maximum Gasteiger partial charge on any atom is 0.326 e. The van der Waals surface area contributed by atoms with Gasteiger partial charge < -0.3 is 15.7 Å². The van der Waals surface area contributed by atoms with Crippen molar-refractivity contribution in [3.8, 4) is 5.69 Å². The number of carboxylic acid groups (broad SMARTS) is 1. The van der Waals surface area contributed by atoms with E-state index in [2.05, 4.69) is 33.5 Å². The van der Waals surface area contributed by atoms with E-state index in [-0.39, 0.29) is 5.91 Å². The van der Waals surface area contributed by atoms with Crippen LogP contribution in [0.25, 0.3) is 5.69 Å². The summed E-state index contributed by atoms with van der Waals surface area (Å²) < 4.78 is 1.69. The Bertz CT molecular complexity index is 1030. The zero-order valence-electron chi connectivity index (χ0n) is 14.0. The van der Waals surface area contributed by atoms with Crippen LogP contribution < -0.4 is 10.6 Å². The number of nitrogens with zero attached hydrogens (tertiary/aromatic N) is 3. The third kappa shape index (κ3) is 3.36. The fraction of sp³-hybridized carbons (Fsp3) is 0.111. The van der Waals surface area contributed by atoms with Crippen molar-refractivity contribution < 1.29 is 14.7 Å². The van der Waals surface area contributed by atoms with Crippen molar-refractivity contribution in [3.63, 3.8) is 0 Å². The number of benzene rings is 2. The lowest BCUT2D eigenvalue weighted by molar-refractivity contribution is -0.137. The van der Waals surface area contributed by atoms with Gasteiger partial charge in [-0.2, -0.15) is 0 Å². The Balaban J connectivity index is 1.48. The van der Waals surface area contributed by atoms with E-state index < -0.39 is 12.0 Å². The van der Waals surface area contributed by atoms with E-state index in [0.29, 0.717) is 22.8 Å². The minimum atomic E-state index is -0.894. The van der Waals surface area contributed by atoms with Gasteiger partial charge in [-0.25, -0.2) is 4.79 Å². The fourth-order valence-electron chi connectivity index (χ4n) is 2.98. The van der Waals surface area contributed by atoms with Gasteiger partial charge in [0.05, 0.1) is 0 Å². The van der Waals surface area contributed by atoms with E-state index in [1.165, 1.54) is 0 Å². The standard InChI is InChI=1S/C18H15N5O3S/c24-16(10-1-4-13(5-2-10)23-9-19-22-18(23)27)20-12-3-6-14-11(7-12)8-15(21-14)17(25)26/h1-7,9,15,21H,8H2,(H,20,24)(H,22,27)(H,25,26). The molecule has 0 saturated carbocycles. The highest BCUT2D eigenvalue weighted by Crippen LogP contribution is 2.29. The van der Waals surface area contributed by atoms with E-state index in [1.807, 2.05) is 0 Å². The lowest BCUT2D eigenvalue weighted by Gasteiger charge is -2.08. The number of hydrogen-bond acceptors (Lipinski definition) is 6. The summed E-state index contributed by atoms with van der Waals surface area (Å²) in [5, 5.41) is 22.9. The van der Waals surface area contributed by atoms with E-state index >= 15 is 0 Å². The molecule has 1 atom stereocenters. The Morgan fingerprint density at radius 1 is 1.22 bits per heavy atom. The summed E-state index contributed by atoms with van der Waals surface area (Å²) in [5.41, 5.74) is 3.55. The van der Waals surface area contributed by atoms with E-state index in [9.17, 15) is 9.59 Å². The second-order valence-electron chi connectivity index (χ2n) is 6.11. The molecule has 1 unspecified atom stereocenters. The summed E-state index contributed by atoms with van der Waals surface area (Å²) in [4.78, 5) is 23.6. The Labute approximate surface area is 159 Å². The molecule has 4 rings (SSSR count). The SMILES string of the molecule is O=C(Nc1ccc2c(c1)CC(C(=O)O)N2)c1ccc(-n2cnnc2S)cc1. The third-order valence-electron chi connectivity index (χ3n) is 4.35. The lowest BCUT2D eigenvalue weighted by atomic mass is 10.1. The molecular formula is C18H15N5O3S. The second kappa shape index (κ2) is 6.76. The maximum absolute atomic E-state index is 12.5. The number of fused-ring (bicyclic) bond motifs is 1.